The van der Waals surface area contributed by atoms with Crippen LogP contribution in [0.25, 0.3) is 10.8 Å². The molecule has 0 saturated heterocycles. The SMILES string of the molecule is NCC1CCCCC1NC(=O)COc1ccc2ccccc2c1. The lowest BCUT2D eigenvalue weighted by Gasteiger charge is -2.31. The Kier molecular flexibility index (Phi) is 5.13. The summed E-state index contributed by atoms with van der Waals surface area (Å²) in [5, 5.41) is 5.36. The van der Waals surface area contributed by atoms with Crippen LogP contribution in [0.3, 0.4) is 0 Å². The van der Waals surface area contributed by atoms with Gasteiger partial charge in [0.2, 0.25) is 0 Å². The van der Waals surface area contributed by atoms with E-state index in [1.807, 2.05) is 36.4 Å². The zero-order valence-electron chi connectivity index (χ0n) is 13.3. The van der Waals surface area contributed by atoms with Crippen molar-refractivity contribution < 1.29 is 9.53 Å². The summed E-state index contributed by atoms with van der Waals surface area (Å²) in [4.78, 5) is 12.1. The van der Waals surface area contributed by atoms with E-state index in [1.54, 1.807) is 0 Å². The molecule has 0 aromatic heterocycles. The highest BCUT2D eigenvalue weighted by Gasteiger charge is 2.25. The number of amides is 1. The lowest BCUT2D eigenvalue weighted by atomic mass is 9.84. The van der Waals surface area contributed by atoms with Crippen LogP contribution in [0.5, 0.6) is 5.75 Å². The Morgan fingerprint density at radius 1 is 1.13 bits per heavy atom. The molecule has 2 aromatic rings. The third kappa shape index (κ3) is 4.02. The van der Waals surface area contributed by atoms with Gasteiger partial charge in [-0.2, -0.15) is 0 Å². The summed E-state index contributed by atoms with van der Waals surface area (Å²) in [7, 11) is 0. The van der Waals surface area contributed by atoms with E-state index in [0.717, 1.165) is 35.8 Å². The lowest BCUT2D eigenvalue weighted by molar-refractivity contribution is -0.124. The highest BCUT2D eigenvalue weighted by molar-refractivity contribution is 5.84. The molecule has 2 aromatic carbocycles. The van der Waals surface area contributed by atoms with Crippen molar-refractivity contribution in [3.63, 3.8) is 0 Å². The molecule has 1 fully saturated rings. The summed E-state index contributed by atoms with van der Waals surface area (Å²) in [5.74, 6) is 1.05. The molecule has 1 saturated carbocycles. The lowest BCUT2D eigenvalue weighted by Crippen LogP contribution is -2.46. The van der Waals surface area contributed by atoms with Crippen molar-refractivity contribution in [3.05, 3.63) is 42.5 Å². The van der Waals surface area contributed by atoms with Gasteiger partial charge in [-0.3, -0.25) is 4.79 Å². The number of nitrogens with one attached hydrogen (secondary N) is 1. The zero-order valence-corrected chi connectivity index (χ0v) is 13.3. The van der Waals surface area contributed by atoms with Gasteiger partial charge in [0, 0.05) is 6.04 Å². The average Bonchev–Trinajstić information content (AvgIpc) is 2.60. The third-order valence-electron chi connectivity index (χ3n) is 4.65. The van der Waals surface area contributed by atoms with E-state index in [-0.39, 0.29) is 18.6 Å². The number of hydrogen-bond acceptors (Lipinski definition) is 3. The molecule has 0 aliphatic heterocycles. The van der Waals surface area contributed by atoms with E-state index in [2.05, 4.69) is 11.4 Å². The van der Waals surface area contributed by atoms with Gasteiger partial charge in [-0.1, -0.05) is 43.2 Å². The standard InChI is InChI=1S/C19H24N2O2/c20-12-16-7-3-4-8-18(16)21-19(22)13-23-17-10-9-14-5-1-2-6-15(14)11-17/h1-2,5-6,9-11,16,18H,3-4,7-8,12-13,20H2,(H,21,22). The molecule has 0 spiro atoms. The van der Waals surface area contributed by atoms with E-state index in [9.17, 15) is 4.79 Å². The molecular formula is C19H24N2O2. The van der Waals surface area contributed by atoms with Crippen molar-refractivity contribution >= 4 is 16.7 Å². The van der Waals surface area contributed by atoms with Crippen LogP contribution in [0.1, 0.15) is 25.7 Å². The molecule has 3 N–H and O–H groups in total. The molecule has 4 nitrogen and oxygen atoms in total. The first-order chi connectivity index (χ1) is 11.3. The van der Waals surface area contributed by atoms with Gasteiger partial charge >= 0.3 is 0 Å². The maximum Gasteiger partial charge on any atom is 0.258 e. The largest absolute Gasteiger partial charge is 0.484 e. The number of carbonyl (C=O) groups excluding carboxylic acids is 1. The zero-order chi connectivity index (χ0) is 16.1. The van der Waals surface area contributed by atoms with Crippen LogP contribution in [0.4, 0.5) is 0 Å². The van der Waals surface area contributed by atoms with E-state index in [4.69, 9.17) is 10.5 Å². The molecule has 1 amide bonds. The summed E-state index contributed by atoms with van der Waals surface area (Å²) in [6.07, 6.45) is 4.49. The Hall–Kier alpha value is -2.07. The Balaban J connectivity index is 1.55. The summed E-state index contributed by atoms with van der Waals surface area (Å²) >= 11 is 0. The molecule has 122 valence electrons. The number of rotatable bonds is 5. The fourth-order valence-corrected chi connectivity index (χ4v) is 3.33. The fraction of sp³-hybridized carbons (Fsp3) is 0.421. The second kappa shape index (κ2) is 7.47. The number of hydrogen-bond donors (Lipinski definition) is 2. The molecule has 3 rings (SSSR count). The molecule has 2 atom stereocenters. The van der Waals surface area contributed by atoms with Gasteiger partial charge in [-0.25, -0.2) is 0 Å². The number of nitrogens with two attached hydrogens (primary N) is 1. The summed E-state index contributed by atoms with van der Waals surface area (Å²) < 4.78 is 5.64. The highest BCUT2D eigenvalue weighted by atomic mass is 16.5. The van der Waals surface area contributed by atoms with E-state index < -0.39 is 0 Å². The predicted octanol–water partition coefficient (Wildman–Crippen LogP) is 2.85. The van der Waals surface area contributed by atoms with Crippen molar-refractivity contribution in [3.8, 4) is 5.75 Å². The topological polar surface area (TPSA) is 64.3 Å². The molecule has 1 aliphatic carbocycles. The molecule has 23 heavy (non-hydrogen) atoms. The Morgan fingerprint density at radius 2 is 1.91 bits per heavy atom. The van der Waals surface area contributed by atoms with Crippen molar-refractivity contribution in [2.45, 2.75) is 31.7 Å². The Morgan fingerprint density at radius 3 is 2.74 bits per heavy atom. The van der Waals surface area contributed by atoms with Gasteiger partial charge < -0.3 is 15.8 Å². The van der Waals surface area contributed by atoms with Crippen LogP contribution in [-0.2, 0) is 4.79 Å². The molecule has 2 unspecified atom stereocenters. The van der Waals surface area contributed by atoms with Crippen molar-refractivity contribution in [2.75, 3.05) is 13.2 Å². The predicted molar refractivity (Wildman–Crippen MR) is 92.4 cm³/mol. The summed E-state index contributed by atoms with van der Waals surface area (Å²) in [5.41, 5.74) is 5.80. The van der Waals surface area contributed by atoms with Crippen molar-refractivity contribution in [2.24, 2.45) is 11.7 Å². The second-order valence-electron chi connectivity index (χ2n) is 6.25. The van der Waals surface area contributed by atoms with Gasteiger partial charge in [0.15, 0.2) is 6.61 Å². The number of fused-ring (bicyclic) bond motifs is 1. The van der Waals surface area contributed by atoms with Crippen LogP contribution in [0.15, 0.2) is 42.5 Å². The van der Waals surface area contributed by atoms with Crippen molar-refractivity contribution in [1.82, 2.24) is 5.32 Å². The monoisotopic (exact) mass is 312 g/mol. The molecule has 1 aliphatic rings. The number of benzene rings is 2. The fourth-order valence-electron chi connectivity index (χ4n) is 3.33. The first-order valence-corrected chi connectivity index (χ1v) is 8.37. The minimum Gasteiger partial charge on any atom is -0.484 e. The van der Waals surface area contributed by atoms with Gasteiger partial charge in [-0.15, -0.1) is 0 Å². The van der Waals surface area contributed by atoms with Gasteiger partial charge in [0.1, 0.15) is 5.75 Å². The highest BCUT2D eigenvalue weighted by Crippen LogP contribution is 2.24. The van der Waals surface area contributed by atoms with E-state index >= 15 is 0 Å². The second-order valence-corrected chi connectivity index (χ2v) is 6.25. The summed E-state index contributed by atoms with van der Waals surface area (Å²) in [6, 6.07) is 14.2. The maximum atomic E-state index is 12.1. The first-order valence-electron chi connectivity index (χ1n) is 8.37. The number of carbonyl (C=O) groups is 1. The van der Waals surface area contributed by atoms with Crippen LogP contribution >= 0.6 is 0 Å². The maximum absolute atomic E-state index is 12.1. The smallest absolute Gasteiger partial charge is 0.258 e. The molecular weight excluding hydrogens is 288 g/mol. The van der Waals surface area contributed by atoms with Crippen LogP contribution < -0.4 is 15.8 Å². The average molecular weight is 312 g/mol. The van der Waals surface area contributed by atoms with Gasteiger partial charge in [0.25, 0.3) is 5.91 Å². The van der Waals surface area contributed by atoms with E-state index in [1.165, 1.54) is 6.42 Å². The van der Waals surface area contributed by atoms with Crippen LogP contribution in [0.2, 0.25) is 0 Å². The molecule has 0 heterocycles. The minimum atomic E-state index is -0.0662. The third-order valence-corrected chi connectivity index (χ3v) is 4.65. The molecule has 4 heteroatoms. The van der Waals surface area contributed by atoms with Crippen molar-refractivity contribution in [1.29, 1.82) is 0 Å². The normalized spacial score (nSPS) is 21.1. The minimum absolute atomic E-state index is 0.0477. The number of ether oxygens (including phenoxy) is 1. The van der Waals surface area contributed by atoms with Crippen LogP contribution in [-0.4, -0.2) is 25.1 Å². The quantitative estimate of drug-likeness (QED) is 0.892. The van der Waals surface area contributed by atoms with Gasteiger partial charge in [0.05, 0.1) is 0 Å². The van der Waals surface area contributed by atoms with E-state index in [0.29, 0.717) is 12.5 Å². The van der Waals surface area contributed by atoms with Gasteiger partial charge in [-0.05, 0) is 48.2 Å². The Labute approximate surface area is 137 Å². The summed E-state index contributed by atoms with van der Waals surface area (Å²) in [6.45, 7) is 0.683. The first kappa shape index (κ1) is 15.8. The Bertz CT molecular complexity index is 671. The van der Waals surface area contributed by atoms with Crippen LogP contribution in [0, 0.1) is 5.92 Å². The molecule has 0 bridgehead atoms. The molecule has 0 radical (unpaired) electrons.